The highest BCUT2D eigenvalue weighted by molar-refractivity contribution is 7.89. The monoisotopic (exact) mass is 396 g/mol. The zero-order valence-corrected chi connectivity index (χ0v) is 16.7. The minimum absolute atomic E-state index is 0.0848. The average molecular weight is 397 g/mol. The second kappa shape index (κ2) is 9.82. The van der Waals surface area contributed by atoms with Gasteiger partial charge in [-0.1, -0.05) is 6.92 Å². The highest BCUT2D eigenvalue weighted by Gasteiger charge is 2.26. The normalized spacial score (nSPS) is 15.1. The lowest BCUT2D eigenvalue weighted by atomic mass is 10.3. The summed E-state index contributed by atoms with van der Waals surface area (Å²) in [5.74, 6) is -0.375. The van der Waals surface area contributed by atoms with Gasteiger partial charge >= 0.3 is 0 Å². The number of hydrogen-bond donors (Lipinski definition) is 2. The van der Waals surface area contributed by atoms with Gasteiger partial charge in [-0.05, 0) is 50.6 Å². The Balaban J connectivity index is 1.93. The first-order chi connectivity index (χ1) is 12.9. The summed E-state index contributed by atoms with van der Waals surface area (Å²) >= 11 is 0. The molecule has 0 aliphatic carbocycles. The SMILES string of the molecule is CCNC(=O)CN(CC)CC(=O)Nc1ccc(S(=O)(=O)N2CCCC2)cc1. The Bertz CT molecular complexity index is 743. The van der Waals surface area contributed by atoms with E-state index in [9.17, 15) is 18.0 Å². The number of benzene rings is 1. The molecule has 0 bridgehead atoms. The van der Waals surface area contributed by atoms with E-state index in [-0.39, 0.29) is 29.8 Å². The van der Waals surface area contributed by atoms with Crippen LogP contribution in [0.15, 0.2) is 29.2 Å². The zero-order chi connectivity index (χ0) is 19.9. The fourth-order valence-corrected chi connectivity index (χ4v) is 4.44. The van der Waals surface area contributed by atoms with Crippen molar-refractivity contribution in [3.05, 3.63) is 24.3 Å². The molecule has 1 heterocycles. The maximum Gasteiger partial charge on any atom is 0.243 e. The summed E-state index contributed by atoms with van der Waals surface area (Å²) in [7, 11) is -3.46. The third-order valence-electron chi connectivity index (χ3n) is 4.40. The molecule has 0 unspecified atom stereocenters. The summed E-state index contributed by atoms with van der Waals surface area (Å²) in [6.45, 7) is 6.19. The van der Waals surface area contributed by atoms with Crippen LogP contribution in [0.3, 0.4) is 0 Å². The van der Waals surface area contributed by atoms with Crippen molar-refractivity contribution >= 4 is 27.5 Å². The summed E-state index contributed by atoms with van der Waals surface area (Å²) in [5.41, 5.74) is 0.523. The molecule has 1 saturated heterocycles. The Kier molecular flexibility index (Phi) is 7.76. The van der Waals surface area contributed by atoms with Gasteiger partial charge in [0.15, 0.2) is 0 Å². The number of sulfonamides is 1. The lowest BCUT2D eigenvalue weighted by molar-refractivity contribution is -0.123. The Hall–Kier alpha value is -1.97. The van der Waals surface area contributed by atoms with Crippen LogP contribution in [0.1, 0.15) is 26.7 Å². The van der Waals surface area contributed by atoms with E-state index in [1.165, 1.54) is 16.4 Å². The van der Waals surface area contributed by atoms with Crippen LogP contribution < -0.4 is 10.6 Å². The van der Waals surface area contributed by atoms with E-state index in [4.69, 9.17) is 0 Å². The molecule has 0 radical (unpaired) electrons. The van der Waals surface area contributed by atoms with Crippen LogP contribution in [-0.4, -0.2) is 68.7 Å². The third-order valence-corrected chi connectivity index (χ3v) is 6.31. The summed E-state index contributed by atoms with van der Waals surface area (Å²) < 4.78 is 26.5. The smallest absolute Gasteiger partial charge is 0.243 e. The number of anilines is 1. The molecule has 2 N–H and O–H groups in total. The third kappa shape index (κ3) is 6.02. The Morgan fingerprint density at radius 1 is 1.04 bits per heavy atom. The summed E-state index contributed by atoms with van der Waals surface area (Å²) in [5, 5.41) is 5.44. The predicted molar refractivity (Wildman–Crippen MR) is 104 cm³/mol. The molecule has 1 fully saturated rings. The molecule has 2 rings (SSSR count). The topological polar surface area (TPSA) is 98.8 Å². The summed E-state index contributed by atoms with van der Waals surface area (Å²) in [6.07, 6.45) is 1.77. The molecule has 0 aromatic heterocycles. The van der Waals surface area contributed by atoms with Crippen molar-refractivity contribution in [2.24, 2.45) is 0 Å². The number of carbonyl (C=O) groups is 2. The molecular formula is C18H28N4O4S. The van der Waals surface area contributed by atoms with E-state index < -0.39 is 10.0 Å². The molecule has 1 aromatic carbocycles. The number of nitrogens with one attached hydrogen (secondary N) is 2. The lowest BCUT2D eigenvalue weighted by Crippen LogP contribution is -2.41. The van der Waals surface area contributed by atoms with Gasteiger partial charge < -0.3 is 10.6 Å². The van der Waals surface area contributed by atoms with Crippen molar-refractivity contribution in [3.8, 4) is 0 Å². The number of amides is 2. The Morgan fingerprint density at radius 2 is 1.63 bits per heavy atom. The first-order valence-corrected chi connectivity index (χ1v) is 10.7. The molecule has 0 saturated carbocycles. The van der Waals surface area contributed by atoms with E-state index >= 15 is 0 Å². The molecule has 2 amide bonds. The molecule has 8 nitrogen and oxygen atoms in total. The maximum absolute atomic E-state index is 12.5. The van der Waals surface area contributed by atoms with E-state index in [1.807, 2.05) is 13.8 Å². The molecule has 1 aliphatic heterocycles. The number of rotatable bonds is 9. The fraction of sp³-hybridized carbons (Fsp3) is 0.556. The van der Waals surface area contributed by atoms with Gasteiger partial charge in [-0.3, -0.25) is 14.5 Å². The Morgan fingerprint density at radius 3 is 2.19 bits per heavy atom. The van der Waals surface area contributed by atoms with E-state index in [0.717, 1.165) is 12.8 Å². The number of nitrogens with zero attached hydrogens (tertiary/aromatic N) is 2. The van der Waals surface area contributed by atoms with Gasteiger partial charge in [0.25, 0.3) is 0 Å². The first-order valence-electron chi connectivity index (χ1n) is 9.26. The largest absolute Gasteiger partial charge is 0.355 e. The van der Waals surface area contributed by atoms with Crippen molar-refractivity contribution in [1.29, 1.82) is 0 Å². The van der Waals surface area contributed by atoms with Crippen LogP contribution in [0.25, 0.3) is 0 Å². The lowest BCUT2D eigenvalue weighted by Gasteiger charge is -2.19. The molecular weight excluding hydrogens is 368 g/mol. The van der Waals surface area contributed by atoms with Crippen LogP contribution in [0.2, 0.25) is 0 Å². The number of likely N-dealkylation sites (N-methyl/N-ethyl adjacent to an activating group) is 2. The van der Waals surface area contributed by atoms with E-state index in [0.29, 0.717) is 31.9 Å². The van der Waals surface area contributed by atoms with Gasteiger partial charge in [-0.2, -0.15) is 4.31 Å². The second-order valence-electron chi connectivity index (χ2n) is 6.44. The van der Waals surface area contributed by atoms with Crippen molar-refractivity contribution < 1.29 is 18.0 Å². The Labute approximate surface area is 161 Å². The molecule has 1 aromatic rings. The molecule has 0 atom stereocenters. The second-order valence-corrected chi connectivity index (χ2v) is 8.38. The van der Waals surface area contributed by atoms with Crippen LogP contribution >= 0.6 is 0 Å². The summed E-state index contributed by atoms with van der Waals surface area (Å²) in [4.78, 5) is 25.8. The maximum atomic E-state index is 12.5. The van der Waals surface area contributed by atoms with Gasteiger partial charge in [0, 0.05) is 25.3 Å². The quantitative estimate of drug-likeness (QED) is 0.645. The minimum Gasteiger partial charge on any atom is -0.355 e. The van der Waals surface area contributed by atoms with Crippen LogP contribution in [0.5, 0.6) is 0 Å². The molecule has 27 heavy (non-hydrogen) atoms. The average Bonchev–Trinajstić information content (AvgIpc) is 3.17. The minimum atomic E-state index is -3.46. The van der Waals surface area contributed by atoms with Crippen LogP contribution in [0.4, 0.5) is 5.69 Å². The van der Waals surface area contributed by atoms with E-state index in [1.54, 1.807) is 17.0 Å². The summed E-state index contributed by atoms with van der Waals surface area (Å²) in [6, 6.07) is 6.19. The van der Waals surface area contributed by atoms with Gasteiger partial charge in [0.2, 0.25) is 21.8 Å². The molecule has 1 aliphatic rings. The first kappa shape index (κ1) is 21.3. The predicted octanol–water partition coefficient (Wildman–Crippen LogP) is 0.868. The van der Waals surface area contributed by atoms with Gasteiger partial charge in [0.05, 0.1) is 18.0 Å². The molecule has 9 heteroatoms. The van der Waals surface area contributed by atoms with Gasteiger partial charge in [0.1, 0.15) is 0 Å². The van der Waals surface area contributed by atoms with E-state index in [2.05, 4.69) is 10.6 Å². The van der Waals surface area contributed by atoms with Crippen molar-refractivity contribution in [1.82, 2.24) is 14.5 Å². The van der Waals surface area contributed by atoms with Gasteiger partial charge in [-0.25, -0.2) is 8.42 Å². The highest BCUT2D eigenvalue weighted by Crippen LogP contribution is 2.22. The molecule has 0 spiro atoms. The highest BCUT2D eigenvalue weighted by atomic mass is 32.2. The van der Waals surface area contributed by atoms with Crippen LogP contribution in [-0.2, 0) is 19.6 Å². The number of carbonyl (C=O) groups excluding carboxylic acids is 2. The molecule has 150 valence electrons. The standard InChI is InChI=1S/C18H28N4O4S/c1-3-19-17(23)13-21(4-2)14-18(24)20-15-7-9-16(10-8-15)27(25,26)22-11-5-6-12-22/h7-10H,3-6,11-14H2,1-2H3,(H,19,23)(H,20,24). The van der Waals surface area contributed by atoms with Crippen molar-refractivity contribution in [2.45, 2.75) is 31.6 Å². The fourth-order valence-electron chi connectivity index (χ4n) is 2.93. The van der Waals surface area contributed by atoms with Crippen LogP contribution in [0, 0.1) is 0 Å². The zero-order valence-electron chi connectivity index (χ0n) is 15.9. The number of hydrogen-bond acceptors (Lipinski definition) is 5. The van der Waals surface area contributed by atoms with Crippen molar-refractivity contribution in [3.63, 3.8) is 0 Å². The van der Waals surface area contributed by atoms with Crippen molar-refractivity contribution in [2.75, 3.05) is 44.6 Å². The van der Waals surface area contributed by atoms with Gasteiger partial charge in [-0.15, -0.1) is 0 Å².